The highest BCUT2D eigenvalue weighted by molar-refractivity contribution is 5.12. The Kier molecular flexibility index (Phi) is 5.40. The number of rotatable bonds is 7. The van der Waals surface area contributed by atoms with Crippen molar-refractivity contribution in [3.8, 4) is 0 Å². The van der Waals surface area contributed by atoms with Crippen LogP contribution in [0.15, 0.2) is 6.07 Å². The van der Waals surface area contributed by atoms with Gasteiger partial charge in [-0.2, -0.15) is 5.10 Å². The maximum atomic E-state index is 5.54. The predicted molar refractivity (Wildman–Crippen MR) is 77.4 cm³/mol. The average Bonchev–Trinajstić information content (AvgIpc) is 3.07. The molecule has 0 bridgehead atoms. The van der Waals surface area contributed by atoms with Gasteiger partial charge in [-0.25, -0.2) is 0 Å². The van der Waals surface area contributed by atoms with Crippen molar-refractivity contribution in [2.75, 3.05) is 19.8 Å². The normalized spacial score (nSPS) is 20.9. The van der Waals surface area contributed by atoms with Gasteiger partial charge in [-0.05, 0) is 32.4 Å². The Hall–Kier alpha value is -0.870. The number of nitrogens with zero attached hydrogens (tertiary/aromatic N) is 2. The standard InChI is InChI=1S/C15H27N3O/c1-4-13-9-14(18(6-3)17-13)10-15(16-5-2)12-7-8-19-11-12/h9,12,15-16H,4-8,10-11H2,1-3H3. The number of nitrogens with one attached hydrogen (secondary N) is 1. The molecule has 1 aromatic heterocycles. The van der Waals surface area contributed by atoms with Crippen LogP contribution in [0.2, 0.25) is 0 Å². The van der Waals surface area contributed by atoms with Gasteiger partial charge in [-0.1, -0.05) is 13.8 Å². The molecule has 0 aliphatic carbocycles. The Labute approximate surface area is 116 Å². The molecule has 1 aliphatic heterocycles. The summed E-state index contributed by atoms with van der Waals surface area (Å²) in [5, 5.41) is 8.28. The van der Waals surface area contributed by atoms with E-state index in [1.165, 1.54) is 17.8 Å². The lowest BCUT2D eigenvalue weighted by atomic mass is 9.94. The van der Waals surface area contributed by atoms with E-state index in [2.05, 4.69) is 41.9 Å². The zero-order valence-corrected chi connectivity index (χ0v) is 12.5. The maximum Gasteiger partial charge on any atom is 0.0624 e. The topological polar surface area (TPSA) is 39.1 Å². The van der Waals surface area contributed by atoms with Gasteiger partial charge in [0.2, 0.25) is 0 Å². The van der Waals surface area contributed by atoms with Crippen molar-refractivity contribution in [2.24, 2.45) is 5.92 Å². The van der Waals surface area contributed by atoms with Crippen LogP contribution in [0.3, 0.4) is 0 Å². The lowest BCUT2D eigenvalue weighted by molar-refractivity contribution is 0.176. The highest BCUT2D eigenvalue weighted by Gasteiger charge is 2.26. The SMILES string of the molecule is CCNC(Cc1cc(CC)nn1CC)C1CCOC1. The van der Waals surface area contributed by atoms with Crippen molar-refractivity contribution in [1.82, 2.24) is 15.1 Å². The maximum absolute atomic E-state index is 5.54. The van der Waals surface area contributed by atoms with Gasteiger partial charge in [0.15, 0.2) is 0 Å². The molecular weight excluding hydrogens is 238 g/mol. The summed E-state index contributed by atoms with van der Waals surface area (Å²) in [4.78, 5) is 0. The molecule has 0 aromatic carbocycles. The average molecular weight is 265 g/mol. The number of likely N-dealkylation sites (N-methyl/N-ethyl adjacent to an activating group) is 1. The first-order valence-electron chi connectivity index (χ1n) is 7.65. The molecule has 0 spiro atoms. The quantitative estimate of drug-likeness (QED) is 0.820. The van der Waals surface area contributed by atoms with E-state index in [1.54, 1.807) is 0 Å². The van der Waals surface area contributed by atoms with Gasteiger partial charge in [0.25, 0.3) is 0 Å². The molecular formula is C15H27N3O. The summed E-state index contributed by atoms with van der Waals surface area (Å²) in [5.74, 6) is 0.644. The third kappa shape index (κ3) is 3.57. The van der Waals surface area contributed by atoms with Gasteiger partial charge in [-0.3, -0.25) is 4.68 Å². The smallest absolute Gasteiger partial charge is 0.0624 e. The molecule has 2 atom stereocenters. The highest BCUT2D eigenvalue weighted by Crippen LogP contribution is 2.20. The second-order valence-electron chi connectivity index (χ2n) is 5.29. The molecule has 2 rings (SSSR count). The Morgan fingerprint density at radius 3 is 2.89 bits per heavy atom. The van der Waals surface area contributed by atoms with Crippen molar-refractivity contribution < 1.29 is 4.74 Å². The number of hydrogen-bond acceptors (Lipinski definition) is 3. The molecule has 19 heavy (non-hydrogen) atoms. The van der Waals surface area contributed by atoms with Gasteiger partial charge in [0, 0.05) is 37.2 Å². The lowest BCUT2D eigenvalue weighted by Gasteiger charge is -2.23. The molecule has 0 amide bonds. The van der Waals surface area contributed by atoms with Gasteiger partial charge in [-0.15, -0.1) is 0 Å². The summed E-state index contributed by atoms with van der Waals surface area (Å²) in [6.45, 7) is 10.3. The van der Waals surface area contributed by atoms with Gasteiger partial charge in [0.1, 0.15) is 0 Å². The molecule has 2 unspecified atom stereocenters. The first-order valence-corrected chi connectivity index (χ1v) is 7.65. The van der Waals surface area contributed by atoms with Gasteiger partial charge < -0.3 is 10.1 Å². The van der Waals surface area contributed by atoms with E-state index < -0.39 is 0 Å². The van der Waals surface area contributed by atoms with E-state index in [9.17, 15) is 0 Å². The molecule has 0 saturated carbocycles. The van der Waals surface area contributed by atoms with E-state index in [-0.39, 0.29) is 0 Å². The van der Waals surface area contributed by atoms with Gasteiger partial charge in [0.05, 0.1) is 12.3 Å². The van der Waals surface area contributed by atoms with Crippen LogP contribution in [0.1, 0.15) is 38.6 Å². The van der Waals surface area contributed by atoms with Gasteiger partial charge >= 0.3 is 0 Å². The molecule has 1 aromatic rings. The molecule has 2 heterocycles. The molecule has 108 valence electrons. The third-order valence-electron chi connectivity index (χ3n) is 4.00. The molecule has 4 heteroatoms. The highest BCUT2D eigenvalue weighted by atomic mass is 16.5. The summed E-state index contributed by atoms with van der Waals surface area (Å²) >= 11 is 0. The monoisotopic (exact) mass is 265 g/mol. The minimum Gasteiger partial charge on any atom is -0.381 e. The largest absolute Gasteiger partial charge is 0.381 e. The minimum absolute atomic E-state index is 0.513. The van der Waals surface area contributed by atoms with Crippen LogP contribution in [0.25, 0.3) is 0 Å². The molecule has 1 fully saturated rings. The van der Waals surface area contributed by atoms with Crippen molar-refractivity contribution in [3.05, 3.63) is 17.5 Å². The van der Waals surface area contributed by atoms with E-state index in [0.29, 0.717) is 12.0 Å². The van der Waals surface area contributed by atoms with Crippen LogP contribution in [0.4, 0.5) is 0 Å². The Balaban J connectivity index is 2.08. The zero-order chi connectivity index (χ0) is 13.7. The van der Waals surface area contributed by atoms with Crippen LogP contribution < -0.4 is 5.32 Å². The summed E-state index contributed by atoms with van der Waals surface area (Å²) in [7, 11) is 0. The Bertz CT molecular complexity index is 383. The number of ether oxygens (including phenoxy) is 1. The second kappa shape index (κ2) is 7.06. The van der Waals surface area contributed by atoms with E-state index in [0.717, 1.165) is 39.1 Å². The van der Waals surface area contributed by atoms with E-state index >= 15 is 0 Å². The van der Waals surface area contributed by atoms with Crippen molar-refractivity contribution >= 4 is 0 Å². The summed E-state index contributed by atoms with van der Waals surface area (Å²) in [5.41, 5.74) is 2.56. The van der Waals surface area contributed by atoms with Crippen LogP contribution in [-0.4, -0.2) is 35.6 Å². The Morgan fingerprint density at radius 2 is 2.32 bits per heavy atom. The predicted octanol–water partition coefficient (Wildman–Crippen LogP) is 2.02. The number of hydrogen-bond donors (Lipinski definition) is 1. The van der Waals surface area contributed by atoms with Crippen molar-refractivity contribution in [2.45, 2.75) is 52.6 Å². The Morgan fingerprint density at radius 1 is 1.47 bits per heavy atom. The molecule has 4 nitrogen and oxygen atoms in total. The first kappa shape index (κ1) is 14.5. The minimum atomic E-state index is 0.513. The molecule has 1 N–H and O–H groups in total. The molecule has 1 aliphatic rings. The van der Waals surface area contributed by atoms with E-state index in [4.69, 9.17) is 4.74 Å². The van der Waals surface area contributed by atoms with Crippen LogP contribution in [0, 0.1) is 5.92 Å². The number of aryl methyl sites for hydroxylation is 2. The summed E-state index contributed by atoms with van der Waals surface area (Å²) in [6, 6.07) is 2.78. The fourth-order valence-corrected chi connectivity index (χ4v) is 2.89. The molecule has 0 radical (unpaired) electrons. The van der Waals surface area contributed by atoms with Crippen molar-refractivity contribution in [1.29, 1.82) is 0 Å². The van der Waals surface area contributed by atoms with Crippen molar-refractivity contribution in [3.63, 3.8) is 0 Å². The van der Waals surface area contributed by atoms with Crippen LogP contribution in [-0.2, 0) is 24.1 Å². The fourth-order valence-electron chi connectivity index (χ4n) is 2.89. The molecule has 1 saturated heterocycles. The first-order chi connectivity index (χ1) is 9.28. The fraction of sp³-hybridized carbons (Fsp3) is 0.800. The van der Waals surface area contributed by atoms with Crippen LogP contribution in [0.5, 0.6) is 0 Å². The third-order valence-corrected chi connectivity index (χ3v) is 4.00. The van der Waals surface area contributed by atoms with Crippen LogP contribution >= 0.6 is 0 Å². The zero-order valence-electron chi connectivity index (χ0n) is 12.5. The summed E-state index contributed by atoms with van der Waals surface area (Å²) < 4.78 is 7.69. The van der Waals surface area contributed by atoms with E-state index in [1.807, 2.05) is 0 Å². The second-order valence-corrected chi connectivity index (χ2v) is 5.29. The lowest BCUT2D eigenvalue weighted by Crippen LogP contribution is -2.38. The summed E-state index contributed by atoms with van der Waals surface area (Å²) in [6.07, 6.45) is 3.25. The number of aromatic nitrogens is 2.